The summed E-state index contributed by atoms with van der Waals surface area (Å²) in [6, 6.07) is 4.25. The van der Waals surface area contributed by atoms with E-state index in [4.69, 9.17) is 0 Å². The average Bonchev–Trinajstić information content (AvgIpc) is 2.82. The Hall–Kier alpha value is -0.680. The molecule has 2 nitrogen and oxygen atoms in total. The Bertz CT molecular complexity index is 419. The van der Waals surface area contributed by atoms with Crippen LogP contribution >= 0.6 is 24.4 Å². The topological polar surface area (TPSA) is 29.1 Å². The van der Waals surface area contributed by atoms with Crippen molar-refractivity contribution in [3.8, 4) is 0 Å². The lowest BCUT2D eigenvalue weighted by atomic mass is 10.2. The van der Waals surface area contributed by atoms with E-state index in [9.17, 15) is 9.18 Å². The molecule has 17 heavy (non-hydrogen) atoms. The molecule has 5 heteroatoms. The molecule has 0 radical (unpaired) electrons. The SMILES string of the molecule is O=C(NCC1CCCS1)c1cc(S)ccc1F. The van der Waals surface area contributed by atoms with Crippen LogP contribution in [0.2, 0.25) is 0 Å². The fourth-order valence-corrected chi connectivity index (χ4v) is 3.20. The molecule has 2 rings (SSSR count). The van der Waals surface area contributed by atoms with E-state index >= 15 is 0 Å². The number of thiol groups is 1. The fraction of sp³-hybridized carbons (Fsp3) is 0.417. The summed E-state index contributed by atoms with van der Waals surface area (Å²) in [4.78, 5) is 12.4. The fourth-order valence-electron chi connectivity index (χ4n) is 1.79. The Kier molecular flexibility index (Phi) is 4.34. The van der Waals surface area contributed by atoms with Crippen LogP contribution in [0.1, 0.15) is 23.2 Å². The first-order valence-electron chi connectivity index (χ1n) is 5.55. The van der Waals surface area contributed by atoms with Crippen molar-refractivity contribution >= 4 is 30.3 Å². The van der Waals surface area contributed by atoms with Gasteiger partial charge in [-0.1, -0.05) is 0 Å². The molecular formula is C12H14FNOS2. The number of amides is 1. The van der Waals surface area contributed by atoms with Gasteiger partial charge in [-0.15, -0.1) is 12.6 Å². The van der Waals surface area contributed by atoms with Crippen molar-refractivity contribution in [2.45, 2.75) is 23.0 Å². The highest BCUT2D eigenvalue weighted by molar-refractivity contribution is 8.00. The van der Waals surface area contributed by atoms with Crippen molar-refractivity contribution < 1.29 is 9.18 Å². The van der Waals surface area contributed by atoms with Crippen LogP contribution in [0.25, 0.3) is 0 Å². The van der Waals surface area contributed by atoms with Crippen LogP contribution in [-0.4, -0.2) is 23.5 Å². The molecule has 1 aliphatic rings. The molecule has 1 amide bonds. The maximum absolute atomic E-state index is 13.4. The van der Waals surface area contributed by atoms with E-state index in [1.807, 2.05) is 11.8 Å². The summed E-state index contributed by atoms with van der Waals surface area (Å²) < 4.78 is 13.4. The highest BCUT2D eigenvalue weighted by Crippen LogP contribution is 2.25. The van der Waals surface area contributed by atoms with Gasteiger partial charge in [0.1, 0.15) is 5.82 Å². The van der Waals surface area contributed by atoms with Gasteiger partial charge in [0.05, 0.1) is 5.56 Å². The molecule has 0 aliphatic carbocycles. The van der Waals surface area contributed by atoms with Crippen molar-refractivity contribution in [2.75, 3.05) is 12.3 Å². The third kappa shape index (κ3) is 3.39. The summed E-state index contributed by atoms with van der Waals surface area (Å²) in [7, 11) is 0. The van der Waals surface area contributed by atoms with Crippen molar-refractivity contribution in [1.29, 1.82) is 0 Å². The molecule has 0 aromatic heterocycles. The number of hydrogen-bond acceptors (Lipinski definition) is 3. The minimum atomic E-state index is -0.501. The van der Waals surface area contributed by atoms with Crippen LogP contribution in [0.4, 0.5) is 4.39 Å². The van der Waals surface area contributed by atoms with Gasteiger partial charge in [0.2, 0.25) is 0 Å². The second kappa shape index (κ2) is 5.78. The zero-order valence-corrected chi connectivity index (χ0v) is 11.0. The van der Waals surface area contributed by atoms with Gasteiger partial charge >= 0.3 is 0 Å². The van der Waals surface area contributed by atoms with E-state index in [1.54, 1.807) is 0 Å². The van der Waals surface area contributed by atoms with Gasteiger partial charge in [-0.05, 0) is 36.8 Å². The molecule has 1 heterocycles. The number of halogens is 1. The first-order chi connectivity index (χ1) is 8.16. The standard InChI is InChI=1S/C12H14FNOS2/c13-11-4-3-8(16)6-10(11)12(15)14-7-9-2-1-5-17-9/h3-4,6,9,16H,1-2,5,7H2,(H,14,15). The van der Waals surface area contributed by atoms with Crippen molar-refractivity contribution in [3.05, 3.63) is 29.6 Å². The maximum atomic E-state index is 13.4. The molecule has 1 N–H and O–H groups in total. The Morgan fingerprint density at radius 3 is 3.12 bits per heavy atom. The molecule has 1 aliphatic heterocycles. The first kappa shape index (κ1) is 12.8. The van der Waals surface area contributed by atoms with Crippen molar-refractivity contribution in [3.63, 3.8) is 0 Å². The lowest BCUT2D eigenvalue weighted by Crippen LogP contribution is -2.30. The van der Waals surface area contributed by atoms with Crippen LogP contribution in [0.3, 0.4) is 0 Å². The monoisotopic (exact) mass is 271 g/mol. The second-order valence-electron chi connectivity index (χ2n) is 4.01. The number of benzene rings is 1. The zero-order valence-electron chi connectivity index (χ0n) is 9.28. The second-order valence-corrected chi connectivity index (χ2v) is 5.93. The highest BCUT2D eigenvalue weighted by atomic mass is 32.2. The molecule has 1 aromatic carbocycles. The highest BCUT2D eigenvalue weighted by Gasteiger charge is 2.18. The Morgan fingerprint density at radius 1 is 1.59 bits per heavy atom. The molecule has 1 saturated heterocycles. The molecule has 0 spiro atoms. The molecule has 0 bridgehead atoms. The van der Waals surface area contributed by atoms with Gasteiger partial charge in [0.25, 0.3) is 5.91 Å². The summed E-state index contributed by atoms with van der Waals surface area (Å²) in [5.41, 5.74) is 0.0699. The summed E-state index contributed by atoms with van der Waals surface area (Å²) >= 11 is 5.96. The van der Waals surface area contributed by atoms with Crippen molar-refractivity contribution in [2.24, 2.45) is 0 Å². The minimum absolute atomic E-state index is 0.0699. The summed E-state index contributed by atoms with van der Waals surface area (Å²) in [5, 5.41) is 3.25. The van der Waals surface area contributed by atoms with E-state index < -0.39 is 5.82 Å². The van der Waals surface area contributed by atoms with Crippen molar-refractivity contribution in [1.82, 2.24) is 5.32 Å². The first-order valence-corrected chi connectivity index (χ1v) is 7.05. The third-order valence-electron chi connectivity index (χ3n) is 2.71. The molecule has 1 aromatic rings. The number of rotatable bonds is 3. The maximum Gasteiger partial charge on any atom is 0.254 e. The van der Waals surface area contributed by atoms with E-state index in [1.165, 1.54) is 24.6 Å². The molecular weight excluding hydrogens is 257 g/mol. The van der Waals surface area contributed by atoms with Crippen LogP contribution in [0.5, 0.6) is 0 Å². The predicted molar refractivity (Wildman–Crippen MR) is 71.5 cm³/mol. The van der Waals surface area contributed by atoms with E-state index in [2.05, 4.69) is 17.9 Å². The molecule has 1 atom stereocenters. The van der Waals surface area contributed by atoms with E-state index in [0.29, 0.717) is 16.7 Å². The smallest absolute Gasteiger partial charge is 0.254 e. The van der Waals surface area contributed by atoms with Gasteiger partial charge in [-0.2, -0.15) is 11.8 Å². The molecule has 0 saturated carbocycles. The normalized spacial score (nSPS) is 19.3. The number of nitrogens with one attached hydrogen (secondary N) is 1. The number of hydrogen-bond donors (Lipinski definition) is 2. The third-order valence-corrected chi connectivity index (χ3v) is 4.39. The Balaban J connectivity index is 1.96. The summed E-state index contributed by atoms with van der Waals surface area (Å²) in [6.07, 6.45) is 2.33. The molecule has 92 valence electrons. The largest absolute Gasteiger partial charge is 0.351 e. The van der Waals surface area contributed by atoms with E-state index in [-0.39, 0.29) is 11.5 Å². The number of thioether (sulfide) groups is 1. The Morgan fingerprint density at radius 2 is 2.41 bits per heavy atom. The van der Waals surface area contributed by atoms with Crippen LogP contribution in [0.15, 0.2) is 23.1 Å². The minimum Gasteiger partial charge on any atom is -0.351 e. The predicted octanol–water partition coefficient (Wildman–Crippen LogP) is 2.74. The average molecular weight is 271 g/mol. The lowest BCUT2D eigenvalue weighted by Gasteiger charge is -2.10. The van der Waals surface area contributed by atoms with Gasteiger partial charge in [-0.25, -0.2) is 4.39 Å². The van der Waals surface area contributed by atoms with Gasteiger partial charge in [0, 0.05) is 16.7 Å². The zero-order chi connectivity index (χ0) is 12.3. The van der Waals surface area contributed by atoms with Crippen LogP contribution < -0.4 is 5.32 Å². The molecule has 1 unspecified atom stereocenters. The van der Waals surface area contributed by atoms with Gasteiger partial charge in [-0.3, -0.25) is 4.79 Å². The number of carbonyl (C=O) groups is 1. The summed E-state index contributed by atoms with van der Waals surface area (Å²) in [5.74, 6) is 0.298. The van der Waals surface area contributed by atoms with Gasteiger partial charge < -0.3 is 5.32 Å². The van der Waals surface area contributed by atoms with E-state index in [0.717, 1.165) is 12.2 Å². The van der Waals surface area contributed by atoms with Crippen LogP contribution in [-0.2, 0) is 0 Å². The number of carbonyl (C=O) groups excluding carboxylic acids is 1. The van der Waals surface area contributed by atoms with Gasteiger partial charge in [0.15, 0.2) is 0 Å². The Labute approximate surface area is 110 Å². The summed E-state index contributed by atoms with van der Waals surface area (Å²) in [6.45, 7) is 0.611. The quantitative estimate of drug-likeness (QED) is 0.828. The van der Waals surface area contributed by atoms with Crippen LogP contribution in [0, 0.1) is 5.82 Å². The molecule has 1 fully saturated rings. The lowest BCUT2D eigenvalue weighted by molar-refractivity contribution is 0.0949.